The van der Waals surface area contributed by atoms with Crippen molar-refractivity contribution in [3.63, 3.8) is 0 Å². The van der Waals surface area contributed by atoms with E-state index in [1.807, 2.05) is 6.20 Å². The Balaban J connectivity index is 2.54. The lowest BCUT2D eigenvalue weighted by Gasteiger charge is -2.07. The molecule has 17 heavy (non-hydrogen) atoms. The lowest BCUT2D eigenvalue weighted by molar-refractivity contribution is 0.403. The average molecular weight is 296 g/mol. The highest BCUT2D eigenvalue weighted by molar-refractivity contribution is 9.10. The van der Waals surface area contributed by atoms with Gasteiger partial charge in [-0.3, -0.25) is 0 Å². The van der Waals surface area contributed by atoms with Crippen LogP contribution in [0.15, 0.2) is 23.1 Å². The molecule has 3 nitrogen and oxygen atoms in total. The van der Waals surface area contributed by atoms with Crippen LogP contribution in [0.5, 0.6) is 0 Å². The van der Waals surface area contributed by atoms with Gasteiger partial charge in [-0.15, -0.1) is 0 Å². The first-order chi connectivity index (χ1) is 8.11. The number of hydrogen-bond acceptors (Lipinski definition) is 2. The summed E-state index contributed by atoms with van der Waals surface area (Å²) >= 11 is 3.45. The highest BCUT2D eigenvalue weighted by Crippen LogP contribution is 2.24. The quantitative estimate of drug-likeness (QED) is 0.807. The summed E-state index contributed by atoms with van der Waals surface area (Å²) in [5, 5.41) is 1.30. The summed E-state index contributed by atoms with van der Waals surface area (Å²) in [5.41, 5.74) is 2.59. The zero-order valence-electron chi connectivity index (χ0n) is 10.6. The van der Waals surface area contributed by atoms with Gasteiger partial charge in [0.2, 0.25) is 0 Å². The van der Waals surface area contributed by atoms with Crippen molar-refractivity contribution in [1.29, 1.82) is 0 Å². The minimum atomic E-state index is 0.902. The van der Waals surface area contributed by atoms with Crippen LogP contribution in [0.4, 0.5) is 0 Å². The van der Waals surface area contributed by atoms with E-state index in [2.05, 4.69) is 63.7 Å². The van der Waals surface area contributed by atoms with E-state index in [0.717, 1.165) is 24.1 Å². The van der Waals surface area contributed by atoms with Crippen molar-refractivity contribution >= 4 is 26.8 Å². The van der Waals surface area contributed by atoms with E-state index in [0.29, 0.717) is 0 Å². The van der Waals surface area contributed by atoms with E-state index in [-0.39, 0.29) is 0 Å². The summed E-state index contributed by atoms with van der Waals surface area (Å²) in [6.07, 6.45) is 5.35. The molecule has 0 unspecified atom stereocenters. The van der Waals surface area contributed by atoms with Crippen molar-refractivity contribution in [2.75, 3.05) is 14.1 Å². The van der Waals surface area contributed by atoms with Crippen molar-refractivity contribution in [2.24, 2.45) is 0 Å². The maximum absolute atomic E-state index is 4.32. The molecule has 0 radical (unpaired) electrons. The number of fused-ring (bicyclic) bond motifs is 1. The van der Waals surface area contributed by atoms with Gasteiger partial charge >= 0.3 is 0 Å². The van der Waals surface area contributed by atoms with Gasteiger partial charge in [-0.05, 0) is 48.1 Å². The largest absolute Gasteiger partial charge is 0.346 e. The molecule has 0 spiro atoms. The minimum absolute atomic E-state index is 0.902. The first-order valence-electron chi connectivity index (χ1n) is 5.89. The van der Waals surface area contributed by atoms with Crippen molar-refractivity contribution in [3.8, 4) is 0 Å². The summed E-state index contributed by atoms with van der Waals surface area (Å²) < 4.78 is 3.20. The molecule has 92 valence electrons. The van der Waals surface area contributed by atoms with E-state index in [9.17, 15) is 0 Å². The predicted octanol–water partition coefficient (Wildman–Crippen LogP) is 3.27. The van der Waals surface area contributed by atoms with E-state index in [4.69, 9.17) is 0 Å². The van der Waals surface area contributed by atoms with Crippen LogP contribution in [-0.2, 0) is 13.1 Å². The van der Waals surface area contributed by atoms with E-state index in [1.165, 1.54) is 16.5 Å². The summed E-state index contributed by atoms with van der Waals surface area (Å²) in [7, 11) is 4.19. The van der Waals surface area contributed by atoms with Gasteiger partial charge in [-0.2, -0.15) is 0 Å². The third-order valence-electron chi connectivity index (χ3n) is 2.77. The van der Waals surface area contributed by atoms with Gasteiger partial charge in [-0.25, -0.2) is 4.98 Å². The van der Waals surface area contributed by atoms with Crippen LogP contribution in [0, 0.1) is 0 Å². The maximum Gasteiger partial charge on any atom is 0.106 e. The summed E-state index contributed by atoms with van der Waals surface area (Å²) in [6, 6.07) is 2.11. The van der Waals surface area contributed by atoms with Crippen LogP contribution in [0.25, 0.3) is 10.9 Å². The highest BCUT2D eigenvalue weighted by Gasteiger charge is 2.09. The van der Waals surface area contributed by atoms with Crippen molar-refractivity contribution in [3.05, 3.63) is 28.6 Å². The van der Waals surface area contributed by atoms with E-state index >= 15 is 0 Å². The Morgan fingerprint density at radius 2 is 2.18 bits per heavy atom. The first kappa shape index (κ1) is 12.6. The molecule has 0 bridgehead atoms. The van der Waals surface area contributed by atoms with Crippen LogP contribution in [-0.4, -0.2) is 28.5 Å². The second-order valence-electron chi connectivity index (χ2n) is 4.61. The zero-order valence-corrected chi connectivity index (χ0v) is 12.2. The Kier molecular flexibility index (Phi) is 3.84. The molecular formula is C13H18BrN3. The molecule has 2 rings (SSSR count). The highest BCUT2D eigenvalue weighted by atomic mass is 79.9. The molecule has 0 saturated carbocycles. The van der Waals surface area contributed by atoms with Crippen LogP contribution in [0.3, 0.4) is 0 Å². The van der Waals surface area contributed by atoms with Gasteiger partial charge in [0.25, 0.3) is 0 Å². The Hall–Kier alpha value is -0.870. The molecule has 0 amide bonds. The summed E-state index contributed by atoms with van der Waals surface area (Å²) in [4.78, 5) is 6.52. The lowest BCUT2D eigenvalue weighted by Crippen LogP contribution is -2.10. The number of rotatable bonds is 4. The SMILES string of the molecule is CCCn1cc(CN(C)C)c2cc(Br)ncc21. The summed E-state index contributed by atoms with van der Waals surface area (Å²) in [6.45, 7) is 4.21. The van der Waals surface area contributed by atoms with Crippen molar-refractivity contribution < 1.29 is 0 Å². The number of hydrogen-bond donors (Lipinski definition) is 0. The average Bonchev–Trinajstić information content (AvgIpc) is 2.56. The number of aromatic nitrogens is 2. The number of aryl methyl sites for hydroxylation is 1. The fourth-order valence-corrected chi connectivity index (χ4v) is 2.46. The third kappa shape index (κ3) is 2.69. The Morgan fingerprint density at radius 1 is 1.41 bits per heavy atom. The third-order valence-corrected chi connectivity index (χ3v) is 3.20. The zero-order chi connectivity index (χ0) is 12.4. The number of halogens is 1. The molecule has 2 aromatic heterocycles. The summed E-state index contributed by atoms with van der Waals surface area (Å²) in [5.74, 6) is 0. The fourth-order valence-electron chi connectivity index (χ4n) is 2.13. The van der Waals surface area contributed by atoms with Crippen LogP contribution < -0.4 is 0 Å². The van der Waals surface area contributed by atoms with Crippen LogP contribution in [0.2, 0.25) is 0 Å². The molecule has 0 aliphatic heterocycles. The molecule has 0 aliphatic rings. The molecule has 2 heterocycles. The maximum atomic E-state index is 4.32. The normalized spacial score (nSPS) is 11.6. The molecule has 2 aromatic rings. The van der Waals surface area contributed by atoms with Crippen LogP contribution in [0.1, 0.15) is 18.9 Å². The van der Waals surface area contributed by atoms with Gasteiger partial charge in [0.1, 0.15) is 4.60 Å². The number of nitrogens with zero attached hydrogens (tertiary/aromatic N) is 3. The van der Waals surface area contributed by atoms with Gasteiger partial charge in [0, 0.05) is 24.7 Å². The number of pyridine rings is 1. The molecule has 4 heteroatoms. The second kappa shape index (κ2) is 5.19. The van der Waals surface area contributed by atoms with Crippen molar-refractivity contribution in [1.82, 2.24) is 14.5 Å². The minimum Gasteiger partial charge on any atom is -0.346 e. The van der Waals surface area contributed by atoms with Gasteiger partial charge < -0.3 is 9.47 Å². The standard InChI is InChI=1S/C13H18BrN3/c1-4-5-17-9-10(8-16(2)3)11-6-13(14)15-7-12(11)17/h6-7,9H,4-5,8H2,1-3H3. The van der Waals surface area contributed by atoms with E-state index < -0.39 is 0 Å². The molecule has 0 atom stereocenters. The lowest BCUT2D eigenvalue weighted by atomic mass is 10.2. The monoisotopic (exact) mass is 295 g/mol. The Labute approximate surface area is 111 Å². The van der Waals surface area contributed by atoms with Crippen molar-refractivity contribution in [2.45, 2.75) is 26.4 Å². The molecule has 0 aliphatic carbocycles. The predicted molar refractivity (Wildman–Crippen MR) is 75.1 cm³/mol. The van der Waals surface area contributed by atoms with E-state index in [1.54, 1.807) is 0 Å². The molecular weight excluding hydrogens is 278 g/mol. The molecule has 0 aromatic carbocycles. The van der Waals surface area contributed by atoms with Gasteiger partial charge in [0.05, 0.1) is 11.7 Å². The van der Waals surface area contributed by atoms with Gasteiger partial charge in [-0.1, -0.05) is 6.92 Å². The molecule has 0 N–H and O–H groups in total. The molecule has 0 saturated heterocycles. The second-order valence-corrected chi connectivity index (χ2v) is 5.42. The Bertz CT molecular complexity index is 517. The topological polar surface area (TPSA) is 21.1 Å². The van der Waals surface area contributed by atoms with Gasteiger partial charge in [0.15, 0.2) is 0 Å². The fraction of sp³-hybridized carbons (Fsp3) is 0.462. The Morgan fingerprint density at radius 3 is 2.82 bits per heavy atom. The van der Waals surface area contributed by atoms with Crippen LogP contribution >= 0.6 is 15.9 Å². The first-order valence-corrected chi connectivity index (χ1v) is 6.69. The smallest absolute Gasteiger partial charge is 0.106 e. The molecule has 0 fully saturated rings.